The van der Waals surface area contributed by atoms with Gasteiger partial charge in [-0.1, -0.05) is 0 Å². The fraction of sp³-hybridized carbons (Fsp3) is 0.583. The van der Waals surface area contributed by atoms with Crippen molar-refractivity contribution in [3.63, 3.8) is 0 Å². The molecule has 0 aromatic carbocycles. The largest absolute Gasteiger partial charge is 0.395 e. The Labute approximate surface area is 120 Å². The maximum absolute atomic E-state index is 11.9. The second-order valence-corrected chi connectivity index (χ2v) is 4.44. The van der Waals surface area contributed by atoms with E-state index < -0.39 is 36.2 Å². The highest BCUT2D eigenvalue weighted by Crippen LogP contribution is 2.13. The number of aldehydes is 1. The van der Waals surface area contributed by atoms with Gasteiger partial charge in [-0.25, -0.2) is 4.79 Å². The molecule has 2 unspecified atom stereocenters. The molecule has 9 nitrogen and oxygen atoms in total. The third-order valence-electron chi connectivity index (χ3n) is 2.98. The van der Waals surface area contributed by atoms with Crippen LogP contribution >= 0.6 is 0 Å². The van der Waals surface area contributed by atoms with Gasteiger partial charge in [0.25, 0.3) is 5.56 Å². The van der Waals surface area contributed by atoms with Crippen molar-refractivity contribution >= 4 is 6.29 Å². The minimum Gasteiger partial charge on any atom is -0.395 e. The van der Waals surface area contributed by atoms with Crippen molar-refractivity contribution in [1.82, 2.24) is 14.9 Å². The summed E-state index contributed by atoms with van der Waals surface area (Å²) in [5, 5.41) is 21.1. The lowest BCUT2D eigenvalue weighted by Gasteiger charge is -2.28. The van der Waals surface area contributed by atoms with E-state index in [1.54, 1.807) is 0 Å². The van der Waals surface area contributed by atoms with Crippen LogP contribution in [0.15, 0.2) is 15.8 Å². The van der Waals surface area contributed by atoms with Crippen LogP contribution in [0.2, 0.25) is 0 Å². The zero-order valence-corrected chi connectivity index (χ0v) is 11.8. The molecule has 0 fully saturated rings. The fourth-order valence-electron chi connectivity index (χ4n) is 1.75. The predicted molar refractivity (Wildman–Crippen MR) is 73.1 cm³/mol. The Hall–Kier alpha value is -1.81. The van der Waals surface area contributed by atoms with Crippen LogP contribution < -0.4 is 16.6 Å². The predicted octanol–water partition coefficient (Wildman–Crippen LogP) is -2.50. The summed E-state index contributed by atoms with van der Waals surface area (Å²) in [6.07, 6.45) is -0.576. The van der Waals surface area contributed by atoms with Gasteiger partial charge >= 0.3 is 5.69 Å². The number of aromatic nitrogens is 2. The lowest BCUT2D eigenvalue weighted by atomic mass is 10.2. The number of aliphatic hydroxyl groups is 2. The van der Waals surface area contributed by atoms with E-state index in [1.165, 1.54) is 20.2 Å². The Balaban J connectivity index is 3.29. The smallest absolute Gasteiger partial charge is 0.330 e. The van der Waals surface area contributed by atoms with E-state index >= 15 is 0 Å². The van der Waals surface area contributed by atoms with Crippen LogP contribution in [0.1, 0.15) is 11.8 Å². The summed E-state index contributed by atoms with van der Waals surface area (Å²) in [5.41, 5.74) is -1.01. The first-order valence-corrected chi connectivity index (χ1v) is 6.30. The average Bonchev–Trinajstić information content (AvgIpc) is 2.48. The van der Waals surface area contributed by atoms with E-state index in [0.717, 1.165) is 4.57 Å². The highest BCUT2D eigenvalue weighted by molar-refractivity contribution is 5.56. The molecule has 1 aromatic heterocycles. The first kappa shape index (κ1) is 17.2. The maximum atomic E-state index is 11.9. The van der Waals surface area contributed by atoms with E-state index in [9.17, 15) is 19.5 Å². The maximum Gasteiger partial charge on any atom is 0.330 e. The number of rotatable bonds is 8. The summed E-state index contributed by atoms with van der Waals surface area (Å²) in [6, 6.07) is -0.720. The van der Waals surface area contributed by atoms with E-state index in [-0.39, 0.29) is 12.2 Å². The van der Waals surface area contributed by atoms with Crippen LogP contribution in [-0.2, 0) is 9.53 Å². The van der Waals surface area contributed by atoms with Crippen LogP contribution in [0.3, 0.4) is 0 Å². The monoisotopic (exact) mass is 301 g/mol. The number of H-pyrrole nitrogens is 1. The summed E-state index contributed by atoms with van der Waals surface area (Å²) in [5.74, 6) is 0. The average molecular weight is 301 g/mol. The Bertz CT molecular complexity index is 577. The molecule has 118 valence electrons. The number of nitrogens with zero attached hydrogens (tertiary/aromatic N) is 1. The summed E-state index contributed by atoms with van der Waals surface area (Å²) in [7, 11) is 1.54. The van der Waals surface area contributed by atoms with E-state index in [4.69, 9.17) is 9.84 Å². The van der Waals surface area contributed by atoms with E-state index in [0.29, 0.717) is 6.29 Å². The molecule has 9 heteroatoms. The second-order valence-electron chi connectivity index (χ2n) is 4.44. The molecule has 0 bridgehead atoms. The molecule has 0 aliphatic heterocycles. The van der Waals surface area contributed by atoms with E-state index in [1.807, 2.05) is 0 Å². The Kier molecular flexibility index (Phi) is 6.43. The highest BCUT2D eigenvalue weighted by Gasteiger charge is 2.26. The zero-order chi connectivity index (χ0) is 16.0. The molecule has 0 amide bonds. The SMILES string of the molecule is CNC(CO)[C@@H](OC(C=O)CO)n1cc(C)c(=O)[nH]c1=O. The van der Waals surface area contributed by atoms with Crippen molar-refractivity contribution in [2.45, 2.75) is 25.3 Å². The van der Waals surface area contributed by atoms with Gasteiger partial charge in [0, 0.05) is 11.8 Å². The summed E-state index contributed by atoms with van der Waals surface area (Å²) in [6.45, 7) is 0.546. The van der Waals surface area contributed by atoms with Gasteiger partial charge < -0.3 is 25.1 Å². The van der Waals surface area contributed by atoms with Gasteiger partial charge in [0.05, 0.1) is 19.3 Å². The molecule has 4 N–H and O–H groups in total. The first-order chi connectivity index (χ1) is 9.98. The molecule has 21 heavy (non-hydrogen) atoms. The number of hydrogen-bond donors (Lipinski definition) is 4. The van der Waals surface area contributed by atoms with Gasteiger partial charge in [0.15, 0.2) is 12.5 Å². The number of likely N-dealkylation sites (N-methyl/N-ethyl adjacent to an activating group) is 1. The summed E-state index contributed by atoms with van der Waals surface area (Å²) in [4.78, 5) is 36.2. The fourth-order valence-corrected chi connectivity index (χ4v) is 1.75. The van der Waals surface area contributed by atoms with Gasteiger partial charge in [-0.2, -0.15) is 0 Å². The minimum absolute atomic E-state index is 0.266. The number of aryl methyl sites for hydroxylation is 1. The van der Waals surface area contributed by atoms with Gasteiger partial charge in [0.1, 0.15) is 6.10 Å². The number of aliphatic hydroxyl groups excluding tert-OH is 2. The molecule has 0 radical (unpaired) electrons. The molecule has 0 spiro atoms. The molecule has 0 saturated carbocycles. The summed E-state index contributed by atoms with van der Waals surface area (Å²) >= 11 is 0. The normalized spacial score (nSPS) is 15.4. The summed E-state index contributed by atoms with van der Waals surface area (Å²) < 4.78 is 6.41. The van der Waals surface area contributed by atoms with E-state index in [2.05, 4.69) is 10.3 Å². The van der Waals surface area contributed by atoms with Crippen molar-refractivity contribution in [1.29, 1.82) is 0 Å². The highest BCUT2D eigenvalue weighted by atomic mass is 16.5. The Morgan fingerprint density at radius 1 is 1.43 bits per heavy atom. The van der Waals surface area contributed by atoms with Gasteiger partial charge in [0.2, 0.25) is 0 Å². The van der Waals surface area contributed by atoms with Crippen LogP contribution in [0.25, 0.3) is 0 Å². The van der Waals surface area contributed by atoms with Crippen molar-refractivity contribution in [3.05, 3.63) is 32.6 Å². The first-order valence-electron chi connectivity index (χ1n) is 6.30. The van der Waals surface area contributed by atoms with Gasteiger partial charge in [-0.3, -0.25) is 14.3 Å². The van der Waals surface area contributed by atoms with Crippen molar-refractivity contribution in [3.8, 4) is 0 Å². The minimum atomic E-state index is -1.16. The molecule has 1 rings (SSSR count). The number of carbonyl (C=O) groups is 1. The van der Waals surface area contributed by atoms with Crippen molar-refractivity contribution in [2.24, 2.45) is 0 Å². The van der Waals surface area contributed by atoms with Crippen LogP contribution in [-0.4, -0.2) is 58.5 Å². The quantitative estimate of drug-likeness (QED) is 0.390. The van der Waals surface area contributed by atoms with Crippen LogP contribution in [0.5, 0.6) is 0 Å². The standard InChI is InChI=1S/C12H19N3O6/c1-7-3-15(12(20)14-10(7)19)11(9(6-18)13-2)21-8(4-16)5-17/h3-4,8-9,11,13,17-18H,5-6H2,1-2H3,(H,14,19,20)/t8?,9?,11-/m1/s1. The number of hydrogen-bond acceptors (Lipinski definition) is 7. The van der Waals surface area contributed by atoms with Crippen LogP contribution in [0.4, 0.5) is 0 Å². The molecule has 0 aliphatic carbocycles. The Morgan fingerprint density at radius 3 is 2.57 bits per heavy atom. The molecular weight excluding hydrogens is 282 g/mol. The Morgan fingerprint density at radius 2 is 2.10 bits per heavy atom. The third-order valence-corrected chi connectivity index (χ3v) is 2.98. The number of aromatic amines is 1. The lowest BCUT2D eigenvalue weighted by Crippen LogP contribution is -2.46. The molecule has 1 heterocycles. The topological polar surface area (TPSA) is 134 Å². The number of ether oxygens (including phenoxy) is 1. The molecule has 0 aliphatic rings. The lowest BCUT2D eigenvalue weighted by molar-refractivity contribution is -0.135. The second kappa shape index (κ2) is 7.84. The zero-order valence-electron chi connectivity index (χ0n) is 11.8. The number of carbonyl (C=O) groups excluding carboxylic acids is 1. The number of nitrogens with one attached hydrogen (secondary N) is 2. The molecule has 0 saturated heterocycles. The molecule has 3 atom stereocenters. The molecular formula is C12H19N3O6. The molecule has 1 aromatic rings. The van der Waals surface area contributed by atoms with Crippen molar-refractivity contribution in [2.75, 3.05) is 20.3 Å². The van der Waals surface area contributed by atoms with Gasteiger partial charge in [-0.05, 0) is 14.0 Å². The van der Waals surface area contributed by atoms with Gasteiger partial charge in [-0.15, -0.1) is 0 Å². The van der Waals surface area contributed by atoms with Crippen LogP contribution in [0, 0.1) is 6.92 Å². The van der Waals surface area contributed by atoms with Crippen molar-refractivity contribution < 1.29 is 19.7 Å². The third kappa shape index (κ3) is 4.08.